The van der Waals surface area contributed by atoms with E-state index in [4.69, 9.17) is 5.11 Å². The molecule has 0 aromatic carbocycles. The maximum atomic E-state index is 12.4. The van der Waals surface area contributed by atoms with Crippen LogP contribution in [0.2, 0.25) is 0 Å². The van der Waals surface area contributed by atoms with Gasteiger partial charge in [0.2, 0.25) is 5.91 Å². The van der Waals surface area contributed by atoms with Crippen molar-refractivity contribution in [2.75, 3.05) is 19.7 Å². The van der Waals surface area contributed by atoms with Crippen molar-refractivity contribution in [2.24, 2.45) is 5.41 Å². The zero-order valence-electron chi connectivity index (χ0n) is 11.5. The smallest absolute Gasteiger partial charge is 0.240 e. The third-order valence-corrected chi connectivity index (χ3v) is 3.55. The first-order valence-electron chi connectivity index (χ1n) is 6.56. The van der Waals surface area contributed by atoms with Crippen LogP contribution in [0.4, 0.5) is 0 Å². The minimum atomic E-state index is -0.226. The van der Waals surface area contributed by atoms with Crippen molar-refractivity contribution in [2.45, 2.75) is 52.6 Å². The highest BCUT2D eigenvalue weighted by Crippen LogP contribution is 2.23. The molecule has 2 unspecified atom stereocenters. The van der Waals surface area contributed by atoms with Gasteiger partial charge in [-0.25, -0.2) is 0 Å². The molecule has 0 aromatic heterocycles. The maximum Gasteiger partial charge on any atom is 0.240 e. The number of amides is 1. The highest BCUT2D eigenvalue weighted by Gasteiger charge is 2.35. The van der Waals surface area contributed by atoms with E-state index >= 15 is 0 Å². The van der Waals surface area contributed by atoms with Gasteiger partial charge in [-0.3, -0.25) is 4.79 Å². The fourth-order valence-corrected chi connectivity index (χ4v) is 2.23. The lowest BCUT2D eigenvalue weighted by Gasteiger charge is -2.33. The van der Waals surface area contributed by atoms with Gasteiger partial charge in [-0.15, -0.1) is 0 Å². The Morgan fingerprint density at radius 2 is 2.24 bits per heavy atom. The van der Waals surface area contributed by atoms with E-state index in [1.165, 1.54) is 0 Å². The summed E-state index contributed by atoms with van der Waals surface area (Å²) in [7, 11) is 0. The highest BCUT2D eigenvalue weighted by atomic mass is 16.3. The van der Waals surface area contributed by atoms with Gasteiger partial charge in [-0.1, -0.05) is 20.8 Å². The molecule has 1 amide bonds. The Hall–Kier alpha value is -0.610. The summed E-state index contributed by atoms with van der Waals surface area (Å²) < 4.78 is 0. The van der Waals surface area contributed by atoms with Gasteiger partial charge in [0.05, 0.1) is 6.04 Å². The average molecular weight is 242 g/mol. The molecule has 0 aromatic rings. The Morgan fingerprint density at radius 1 is 1.59 bits per heavy atom. The van der Waals surface area contributed by atoms with Crippen molar-refractivity contribution in [3.63, 3.8) is 0 Å². The van der Waals surface area contributed by atoms with E-state index in [1.54, 1.807) is 0 Å². The highest BCUT2D eigenvalue weighted by molar-refractivity contribution is 5.82. The second-order valence-electron chi connectivity index (χ2n) is 5.83. The van der Waals surface area contributed by atoms with Crippen LogP contribution in [0.15, 0.2) is 0 Å². The van der Waals surface area contributed by atoms with E-state index in [0.29, 0.717) is 6.42 Å². The van der Waals surface area contributed by atoms with Gasteiger partial charge in [-0.2, -0.15) is 0 Å². The van der Waals surface area contributed by atoms with E-state index < -0.39 is 0 Å². The van der Waals surface area contributed by atoms with Crippen LogP contribution < -0.4 is 5.32 Å². The van der Waals surface area contributed by atoms with Gasteiger partial charge in [0, 0.05) is 25.7 Å². The number of nitrogens with zero attached hydrogens (tertiary/aromatic N) is 1. The van der Waals surface area contributed by atoms with Crippen molar-refractivity contribution >= 4 is 5.91 Å². The molecule has 2 N–H and O–H groups in total. The summed E-state index contributed by atoms with van der Waals surface area (Å²) in [5.41, 5.74) is 0.0866. The first-order chi connectivity index (χ1) is 7.91. The fraction of sp³-hybridized carbons (Fsp3) is 0.923. The van der Waals surface area contributed by atoms with Gasteiger partial charge in [0.15, 0.2) is 0 Å². The maximum absolute atomic E-state index is 12.4. The third kappa shape index (κ3) is 3.68. The van der Waals surface area contributed by atoms with Crippen LogP contribution in [0.5, 0.6) is 0 Å². The molecule has 0 spiro atoms. The molecule has 0 saturated carbocycles. The summed E-state index contributed by atoms with van der Waals surface area (Å²) in [4.78, 5) is 14.3. The van der Waals surface area contributed by atoms with Gasteiger partial charge in [-0.05, 0) is 25.2 Å². The Labute approximate surface area is 104 Å². The molecule has 0 bridgehead atoms. The molecular weight excluding hydrogens is 216 g/mol. The summed E-state index contributed by atoms with van der Waals surface area (Å²) in [6.45, 7) is 10.2. The minimum Gasteiger partial charge on any atom is -0.396 e. The first kappa shape index (κ1) is 14.5. The van der Waals surface area contributed by atoms with Gasteiger partial charge >= 0.3 is 0 Å². The Morgan fingerprint density at radius 3 is 2.76 bits per heavy atom. The molecule has 1 saturated heterocycles. The summed E-state index contributed by atoms with van der Waals surface area (Å²) in [6.07, 6.45) is 1.47. The van der Waals surface area contributed by atoms with Crippen LogP contribution in [0.3, 0.4) is 0 Å². The molecule has 0 radical (unpaired) electrons. The van der Waals surface area contributed by atoms with Crippen molar-refractivity contribution in [3.8, 4) is 0 Å². The zero-order valence-corrected chi connectivity index (χ0v) is 11.5. The van der Waals surface area contributed by atoms with Crippen LogP contribution in [0.25, 0.3) is 0 Å². The molecule has 4 nitrogen and oxygen atoms in total. The summed E-state index contributed by atoms with van der Waals surface area (Å²) in [5, 5.41) is 12.3. The predicted molar refractivity (Wildman–Crippen MR) is 68.7 cm³/mol. The molecule has 1 aliphatic heterocycles. The second kappa shape index (κ2) is 5.83. The molecule has 2 atom stereocenters. The summed E-state index contributed by atoms with van der Waals surface area (Å²) >= 11 is 0. The number of carbonyl (C=O) groups excluding carboxylic acids is 1. The number of hydrogen-bond acceptors (Lipinski definition) is 3. The van der Waals surface area contributed by atoms with Crippen molar-refractivity contribution in [1.82, 2.24) is 10.2 Å². The van der Waals surface area contributed by atoms with E-state index in [-0.39, 0.29) is 30.0 Å². The van der Waals surface area contributed by atoms with E-state index in [0.717, 1.165) is 19.5 Å². The number of nitrogens with one attached hydrogen (secondary N) is 1. The number of carbonyl (C=O) groups is 1. The monoisotopic (exact) mass is 242 g/mol. The number of aliphatic hydroxyl groups is 1. The molecule has 1 fully saturated rings. The SMILES string of the molecule is CCC(C)N1CC(C)(C)CNC(CCO)C1=O. The normalized spacial score (nSPS) is 26.8. The molecular formula is C13H26N2O2. The number of rotatable bonds is 4. The Balaban J connectivity index is 2.86. The Bertz CT molecular complexity index is 266. The summed E-state index contributed by atoms with van der Waals surface area (Å²) in [6, 6.07) is 0.0404. The quantitative estimate of drug-likeness (QED) is 0.773. The fourth-order valence-electron chi connectivity index (χ4n) is 2.23. The van der Waals surface area contributed by atoms with Crippen molar-refractivity contribution < 1.29 is 9.90 Å². The van der Waals surface area contributed by atoms with E-state index in [1.807, 2.05) is 4.90 Å². The van der Waals surface area contributed by atoms with Crippen LogP contribution >= 0.6 is 0 Å². The predicted octanol–water partition coefficient (Wildman–Crippen LogP) is 0.994. The number of hydrogen-bond donors (Lipinski definition) is 2. The lowest BCUT2D eigenvalue weighted by Crippen LogP contribution is -2.47. The Kier molecular flexibility index (Phi) is 4.95. The van der Waals surface area contributed by atoms with Crippen LogP contribution in [-0.4, -0.2) is 47.7 Å². The second-order valence-corrected chi connectivity index (χ2v) is 5.83. The topological polar surface area (TPSA) is 52.6 Å². The third-order valence-electron chi connectivity index (χ3n) is 3.55. The standard InChI is InChI=1S/C13H26N2O2/c1-5-10(2)15-9-13(3,4)8-14-11(6-7-16)12(15)17/h10-11,14,16H,5-9H2,1-4H3. The van der Waals surface area contributed by atoms with E-state index in [2.05, 4.69) is 33.0 Å². The van der Waals surface area contributed by atoms with Gasteiger partial charge in [0.1, 0.15) is 0 Å². The molecule has 1 rings (SSSR count). The van der Waals surface area contributed by atoms with Crippen LogP contribution in [0.1, 0.15) is 40.5 Å². The molecule has 1 heterocycles. The lowest BCUT2D eigenvalue weighted by molar-refractivity contribution is -0.135. The minimum absolute atomic E-state index is 0.0538. The first-order valence-corrected chi connectivity index (χ1v) is 6.56. The molecule has 17 heavy (non-hydrogen) atoms. The number of aliphatic hydroxyl groups excluding tert-OH is 1. The van der Waals surface area contributed by atoms with E-state index in [9.17, 15) is 4.79 Å². The van der Waals surface area contributed by atoms with Crippen LogP contribution in [-0.2, 0) is 4.79 Å². The zero-order chi connectivity index (χ0) is 13.1. The lowest BCUT2D eigenvalue weighted by atomic mass is 9.92. The van der Waals surface area contributed by atoms with Crippen LogP contribution in [0, 0.1) is 5.41 Å². The average Bonchev–Trinajstić information content (AvgIpc) is 2.39. The molecule has 4 heteroatoms. The molecule has 100 valence electrons. The largest absolute Gasteiger partial charge is 0.396 e. The van der Waals surface area contributed by atoms with Gasteiger partial charge in [0.25, 0.3) is 0 Å². The molecule has 0 aliphatic carbocycles. The van der Waals surface area contributed by atoms with Gasteiger partial charge < -0.3 is 15.3 Å². The molecule has 1 aliphatic rings. The van der Waals surface area contributed by atoms with Crippen molar-refractivity contribution in [1.29, 1.82) is 0 Å². The van der Waals surface area contributed by atoms with Crippen molar-refractivity contribution in [3.05, 3.63) is 0 Å². The summed E-state index contributed by atoms with van der Waals surface area (Å²) in [5.74, 6) is 0.138.